The molecule has 0 spiro atoms. The summed E-state index contributed by atoms with van der Waals surface area (Å²) >= 11 is 0. The lowest BCUT2D eigenvalue weighted by atomic mass is 10.1. The van der Waals surface area contributed by atoms with Gasteiger partial charge >= 0.3 is 5.97 Å². The number of anilines is 1. The van der Waals surface area contributed by atoms with Gasteiger partial charge in [-0.25, -0.2) is 9.18 Å². The Kier molecular flexibility index (Phi) is 5.49. The second-order valence-corrected chi connectivity index (χ2v) is 4.34. The Balaban J connectivity index is 2.75. The van der Waals surface area contributed by atoms with E-state index in [9.17, 15) is 14.0 Å². The van der Waals surface area contributed by atoms with Crippen molar-refractivity contribution in [2.24, 2.45) is 0 Å². The van der Waals surface area contributed by atoms with Gasteiger partial charge in [0.1, 0.15) is 5.82 Å². The molecule has 0 saturated carbocycles. The van der Waals surface area contributed by atoms with Crippen molar-refractivity contribution in [3.63, 3.8) is 0 Å². The van der Waals surface area contributed by atoms with Gasteiger partial charge in [-0.2, -0.15) is 0 Å². The molecule has 1 aromatic carbocycles. The van der Waals surface area contributed by atoms with Crippen molar-refractivity contribution < 1.29 is 18.7 Å². The molecule has 110 valence electrons. The first-order chi connectivity index (χ1) is 9.40. The third kappa shape index (κ3) is 3.69. The summed E-state index contributed by atoms with van der Waals surface area (Å²) in [4.78, 5) is 25.0. The molecule has 0 aliphatic heterocycles. The topological polar surface area (TPSA) is 72.6 Å². The fourth-order valence-corrected chi connectivity index (χ4v) is 1.82. The molecule has 0 aliphatic carbocycles. The smallest absolute Gasteiger partial charge is 0.341 e. The highest BCUT2D eigenvalue weighted by Crippen LogP contribution is 2.18. The van der Waals surface area contributed by atoms with Gasteiger partial charge in [-0.3, -0.25) is 4.79 Å². The standard InChI is InChI=1S/C14H19FN2O3/c1-4-17(5-2)12(18)8-20-14(19)11-7-10(16)6-9(3)13(11)15/h6-7H,4-5,8,16H2,1-3H3. The largest absolute Gasteiger partial charge is 0.452 e. The Morgan fingerprint density at radius 1 is 1.30 bits per heavy atom. The molecule has 1 aromatic rings. The van der Waals surface area contributed by atoms with E-state index in [-0.39, 0.29) is 22.7 Å². The van der Waals surface area contributed by atoms with E-state index in [2.05, 4.69) is 0 Å². The summed E-state index contributed by atoms with van der Waals surface area (Å²) in [5.74, 6) is -1.89. The van der Waals surface area contributed by atoms with Gasteiger partial charge in [0.25, 0.3) is 5.91 Å². The van der Waals surface area contributed by atoms with Gasteiger partial charge in [0, 0.05) is 18.8 Å². The Hall–Kier alpha value is -2.11. The number of hydrogen-bond donors (Lipinski definition) is 1. The third-order valence-electron chi connectivity index (χ3n) is 2.94. The number of ether oxygens (including phenoxy) is 1. The van der Waals surface area contributed by atoms with Crippen molar-refractivity contribution >= 4 is 17.6 Å². The number of benzene rings is 1. The summed E-state index contributed by atoms with van der Waals surface area (Å²) in [6.45, 7) is 5.79. The van der Waals surface area contributed by atoms with Crippen LogP contribution in [0.25, 0.3) is 0 Å². The molecule has 2 N–H and O–H groups in total. The minimum Gasteiger partial charge on any atom is -0.452 e. The van der Waals surface area contributed by atoms with Crippen molar-refractivity contribution in [1.29, 1.82) is 0 Å². The number of likely N-dealkylation sites (N-methyl/N-ethyl adjacent to an activating group) is 1. The maximum atomic E-state index is 13.8. The molecule has 0 unspecified atom stereocenters. The number of halogens is 1. The van der Waals surface area contributed by atoms with E-state index in [0.29, 0.717) is 13.1 Å². The summed E-state index contributed by atoms with van der Waals surface area (Å²) < 4.78 is 18.6. The molecule has 5 nitrogen and oxygen atoms in total. The van der Waals surface area contributed by atoms with Crippen molar-refractivity contribution in [2.75, 3.05) is 25.4 Å². The zero-order valence-corrected chi connectivity index (χ0v) is 11.9. The summed E-state index contributed by atoms with van der Waals surface area (Å²) in [5.41, 5.74) is 5.83. The summed E-state index contributed by atoms with van der Waals surface area (Å²) in [6, 6.07) is 2.62. The summed E-state index contributed by atoms with van der Waals surface area (Å²) in [7, 11) is 0. The van der Waals surface area contributed by atoms with Crippen LogP contribution in [0.1, 0.15) is 29.8 Å². The van der Waals surface area contributed by atoms with Crippen LogP contribution in [-0.2, 0) is 9.53 Å². The molecule has 0 saturated heterocycles. The lowest BCUT2D eigenvalue weighted by Gasteiger charge is -2.18. The van der Waals surface area contributed by atoms with Crippen molar-refractivity contribution in [3.8, 4) is 0 Å². The number of nitrogen functional groups attached to an aromatic ring is 1. The van der Waals surface area contributed by atoms with Crippen molar-refractivity contribution in [3.05, 3.63) is 29.1 Å². The van der Waals surface area contributed by atoms with Gasteiger partial charge in [-0.05, 0) is 38.5 Å². The molecular weight excluding hydrogens is 263 g/mol. The predicted molar refractivity (Wildman–Crippen MR) is 73.8 cm³/mol. The first-order valence-corrected chi connectivity index (χ1v) is 6.41. The fraction of sp³-hybridized carbons (Fsp3) is 0.429. The van der Waals surface area contributed by atoms with Crippen LogP contribution < -0.4 is 5.73 Å². The Labute approximate surface area is 117 Å². The summed E-state index contributed by atoms with van der Waals surface area (Å²) in [5, 5.41) is 0. The SMILES string of the molecule is CCN(CC)C(=O)COC(=O)c1cc(N)cc(C)c1F. The minimum absolute atomic E-state index is 0.255. The maximum Gasteiger partial charge on any atom is 0.341 e. The van der Waals surface area contributed by atoms with Crippen molar-refractivity contribution in [1.82, 2.24) is 4.90 Å². The highest BCUT2D eigenvalue weighted by Gasteiger charge is 2.18. The maximum absolute atomic E-state index is 13.8. The molecule has 0 aromatic heterocycles. The zero-order chi connectivity index (χ0) is 15.3. The number of rotatable bonds is 5. The quantitative estimate of drug-likeness (QED) is 0.659. The van der Waals surface area contributed by atoms with Crippen LogP contribution in [0.15, 0.2) is 12.1 Å². The molecule has 20 heavy (non-hydrogen) atoms. The number of carbonyl (C=O) groups is 2. The van der Waals surface area contributed by atoms with Gasteiger partial charge in [0.2, 0.25) is 0 Å². The summed E-state index contributed by atoms with van der Waals surface area (Å²) in [6.07, 6.45) is 0. The minimum atomic E-state index is -0.890. The van der Waals surface area contributed by atoms with Crippen LogP contribution in [-0.4, -0.2) is 36.5 Å². The molecule has 0 atom stereocenters. The molecule has 0 aliphatic rings. The number of nitrogens with two attached hydrogens (primary N) is 1. The Morgan fingerprint density at radius 2 is 1.90 bits per heavy atom. The fourth-order valence-electron chi connectivity index (χ4n) is 1.82. The number of hydrogen-bond acceptors (Lipinski definition) is 4. The number of amides is 1. The second kappa shape index (κ2) is 6.88. The first kappa shape index (κ1) is 15.9. The van der Waals surface area contributed by atoms with Gasteiger partial charge in [-0.1, -0.05) is 0 Å². The van der Waals surface area contributed by atoms with E-state index in [0.717, 1.165) is 0 Å². The predicted octanol–water partition coefficient (Wildman–Crippen LogP) is 1.74. The molecule has 1 rings (SSSR count). The average molecular weight is 282 g/mol. The van der Waals surface area contributed by atoms with Gasteiger partial charge < -0.3 is 15.4 Å². The number of esters is 1. The molecule has 1 amide bonds. The zero-order valence-electron chi connectivity index (χ0n) is 11.9. The van der Waals surface area contributed by atoms with Gasteiger partial charge in [0.15, 0.2) is 6.61 Å². The van der Waals surface area contributed by atoms with E-state index >= 15 is 0 Å². The monoisotopic (exact) mass is 282 g/mol. The highest BCUT2D eigenvalue weighted by molar-refractivity contribution is 5.92. The lowest BCUT2D eigenvalue weighted by Crippen LogP contribution is -2.34. The van der Waals surface area contributed by atoms with Crippen LogP contribution in [0, 0.1) is 12.7 Å². The van der Waals surface area contributed by atoms with E-state index in [1.165, 1.54) is 24.0 Å². The van der Waals surface area contributed by atoms with E-state index in [4.69, 9.17) is 10.5 Å². The van der Waals surface area contributed by atoms with Crippen molar-refractivity contribution in [2.45, 2.75) is 20.8 Å². The molecule has 0 fully saturated rings. The third-order valence-corrected chi connectivity index (χ3v) is 2.94. The van der Waals surface area contributed by atoms with E-state index in [1.54, 1.807) is 0 Å². The highest BCUT2D eigenvalue weighted by atomic mass is 19.1. The number of nitrogens with zero attached hydrogens (tertiary/aromatic N) is 1. The van der Waals surface area contributed by atoms with E-state index < -0.39 is 18.4 Å². The van der Waals surface area contributed by atoms with Gasteiger partial charge in [-0.15, -0.1) is 0 Å². The Morgan fingerprint density at radius 3 is 2.45 bits per heavy atom. The lowest BCUT2D eigenvalue weighted by molar-refractivity contribution is -0.134. The van der Waals surface area contributed by atoms with Gasteiger partial charge in [0.05, 0.1) is 5.56 Å². The number of carbonyl (C=O) groups excluding carboxylic acids is 2. The van der Waals surface area contributed by atoms with Crippen LogP contribution in [0.4, 0.5) is 10.1 Å². The van der Waals surface area contributed by atoms with Crippen LogP contribution in [0.2, 0.25) is 0 Å². The van der Waals surface area contributed by atoms with Crippen LogP contribution in [0.3, 0.4) is 0 Å². The normalized spacial score (nSPS) is 10.2. The molecule has 0 radical (unpaired) electrons. The van der Waals surface area contributed by atoms with Crippen LogP contribution >= 0.6 is 0 Å². The molecule has 0 bridgehead atoms. The Bertz CT molecular complexity index is 513. The average Bonchev–Trinajstić information content (AvgIpc) is 2.41. The molecular formula is C14H19FN2O3. The van der Waals surface area contributed by atoms with E-state index in [1.807, 2.05) is 13.8 Å². The molecule has 6 heteroatoms. The number of aryl methyl sites for hydroxylation is 1. The van der Waals surface area contributed by atoms with Crippen LogP contribution in [0.5, 0.6) is 0 Å². The first-order valence-electron chi connectivity index (χ1n) is 6.41. The second-order valence-electron chi connectivity index (χ2n) is 4.34. The molecule has 0 heterocycles.